The fourth-order valence-electron chi connectivity index (χ4n) is 2.22. The van der Waals surface area contributed by atoms with Crippen LogP contribution in [0, 0.1) is 12.7 Å². The average molecular weight is 412 g/mol. The van der Waals surface area contributed by atoms with Gasteiger partial charge in [0, 0.05) is 8.95 Å². The van der Waals surface area contributed by atoms with Gasteiger partial charge in [0.05, 0.1) is 16.6 Å². The molecule has 1 aromatic heterocycles. The first kappa shape index (κ1) is 14.4. The van der Waals surface area contributed by atoms with Gasteiger partial charge in [-0.3, -0.25) is 9.36 Å². The Balaban J connectivity index is 2.39. The van der Waals surface area contributed by atoms with Gasteiger partial charge in [0.25, 0.3) is 5.56 Å². The molecule has 21 heavy (non-hydrogen) atoms. The third kappa shape index (κ3) is 2.53. The van der Waals surface area contributed by atoms with Gasteiger partial charge in [-0.1, -0.05) is 15.9 Å². The molecule has 0 unspecified atom stereocenters. The lowest BCUT2D eigenvalue weighted by atomic mass is 10.2. The zero-order chi connectivity index (χ0) is 15.1. The first-order valence-corrected chi connectivity index (χ1v) is 7.70. The van der Waals surface area contributed by atoms with Crippen LogP contribution < -0.4 is 5.56 Å². The van der Waals surface area contributed by atoms with Crippen LogP contribution >= 0.6 is 31.9 Å². The minimum atomic E-state index is -0.344. The molecule has 3 rings (SSSR count). The lowest BCUT2D eigenvalue weighted by Gasteiger charge is -2.11. The fourth-order valence-corrected chi connectivity index (χ4v) is 3.53. The summed E-state index contributed by atoms with van der Waals surface area (Å²) in [6.07, 6.45) is 0. The first-order chi connectivity index (χ1) is 9.97. The van der Waals surface area contributed by atoms with Gasteiger partial charge in [0.2, 0.25) is 0 Å². The molecule has 0 radical (unpaired) electrons. The van der Waals surface area contributed by atoms with Crippen molar-refractivity contribution in [2.75, 3.05) is 0 Å². The minimum absolute atomic E-state index is 0.189. The summed E-state index contributed by atoms with van der Waals surface area (Å²) in [4.78, 5) is 17.2. The van der Waals surface area contributed by atoms with E-state index < -0.39 is 0 Å². The molecule has 0 spiro atoms. The standard InChI is InChI=1S/C15H9Br2FN2O/c1-8-19-14-12(6-9(16)7-13(14)17)15(21)20(8)11-4-2-10(18)3-5-11/h2-7H,1H3. The zero-order valence-electron chi connectivity index (χ0n) is 10.9. The Kier molecular flexibility index (Phi) is 3.67. The second-order valence-corrected chi connectivity index (χ2v) is 6.33. The highest BCUT2D eigenvalue weighted by molar-refractivity contribution is 9.11. The van der Waals surface area contributed by atoms with E-state index in [1.165, 1.54) is 16.7 Å². The van der Waals surface area contributed by atoms with E-state index in [2.05, 4.69) is 36.8 Å². The number of aromatic nitrogens is 2. The van der Waals surface area contributed by atoms with Crippen molar-refractivity contribution in [2.24, 2.45) is 0 Å². The molecule has 2 aromatic carbocycles. The maximum Gasteiger partial charge on any atom is 0.266 e. The van der Waals surface area contributed by atoms with E-state index in [-0.39, 0.29) is 11.4 Å². The summed E-state index contributed by atoms with van der Waals surface area (Å²) < 4.78 is 16.1. The molecule has 0 saturated heterocycles. The van der Waals surface area contributed by atoms with Crippen molar-refractivity contribution in [3.63, 3.8) is 0 Å². The van der Waals surface area contributed by atoms with Crippen molar-refractivity contribution in [1.82, 2.24) is 9.55 Å². The number of hydrogen-bond acceptors (Lipinski definition) is 2. The number of fused-ring (bicyclic) bond motifs is 1. The van der Waals surface area contributed by atoms with Gasteiger partial charge in [-0.25, -0.2) is 9.37 Å². The predicted octanol–water partition coefficient (Wildman–Crippen LogP) is 4.36. The lowest BCUT2D eigenvalue weighted by molar-refractivity contribution is 0.627. The smallest absolute Gasteiger partial charge is 0.266 e. The van der Waals surface area contributed by atoms with Crippen LogP contribution in [0.3, 0.4) is 0 Å². The zero-order valence-corrected chi connectivity index (χ0v) is 14.1. The second-order valence-electron chi connectivity index (χ2n) is 4.56. The molecule has 0 N–H and O–H groups in total. The quantitative estimate of drug-likeness (QED) is 0.596. The van der Waals surface area contributed by atoms with Crippen LogP contribution in [-0.4, -0.2) is 9.55 Å². The second kappa shape index (κ2) is 5.35. The number of aryl methyl sites for hydroxylation is 1. The number of nitrogens with zero attached hydrogens (tertiary/aromatic N) is 2. The van der Waals surface area contributed by atoms with Gasteiger partial charge in [-0.05, 0) is 59.3 Å². The van der Waals surface area contributed by atoms with Gasteiger partial charge < -0.3 is 0 Å². The molecule has 6 heteroatoms. The topological polar surface area (TPSA) is 34.9 Å². The van der Waals surface area contributed by atoms with Crippen molar-refractivity contribution < 1.29 is 4.39 Å². The molecule has 106 valence electrons. The van der Waals surface area contributed by atoms with Crippen molar-refractivity contribution >= 4 is 42.8 Å². The normalized spacial score (nSPS) is 11.0. The Labute approximate surface area is 136 Å². The van der Waals surface area contributed by atoms with Crippen LogP contribution in [-0.2, 0) is 0 Å². The molecule has 0 aliphatic rings. The summed E-state index contributed by atoms with van der Waals surface area (Å²) in [6, 6.07) is 9.34. The van der Waals surface area contributed by atoms with Crippen molar-refractivity contribution in [3.05, 3.63) is 67.3 Å². The summed E-state index contributed by atoms with van der Waals surface area (Å²) in [5.74, 6) is 0.200. The van der Waals surface area contributed by atoms with Crippen molar-refractivity contribution in [3.8, 4) is 5.69 Å². The Hall–Kier alpha value is -1.53. The molecular formula is C15H9Br2FN2O. The van der Waals surface area contributed by atoms with E-state index in [4.69, 9.17) is 0 Å². The first-order valence-electron chi connectivity index (χ1n) is 6.12. The molecule has 0 fully saturated rings. The molecule has 0 amide bonds. The van der Waals surface area contributed by atoms with Crippen LogP contribution in [0.5, 0.6) is 0 Å². The summed E-state index contributed by atoms with van der Waals surface area (Å²) in [6.45, 7) is 1.75. The minimum Gasteiger partial charge on any atom is -0.268 e. The van der Waals surface area contributed by atoms with E-state index in [0.717, 1.165) is 8.95 Å². The van der Waals surface area contributed by atoms with Crippen LogP contribution in [0.1, 0.15) is 5.82 Å². The maximum atomic E-state index is 13.0. The SMILES string of the molecule is Cc1nc2c(Br)cc(Br)cc2c(=O)n1-c1ccc(F)cc1. The third-order valence-electron chi connectivity index (χ3n) is 3.14. The summed E-state index contributed by atoms with van der Waals surface area (Å²) in [7, 11) is 0. The van der Waals surface area contributed by atoms with Crippen molar-refractivity contribution in [2.45, 2.75) is 6.92 Å². The molecule has 0 atom stereocenters. The Morgan fingerprint density at radius 2 is 1.81 bits per heavy atom. The number of benzene rings is 2. The van der Waals surface area contributed by atoms with Crippen molar-refractivity contribution in [1.29, 1.82) is 0 Å². The Morgan fingerprint density at radius 1 is 1.14 bits per heavy atom. The Bertz CT molecular complexity index is 904. The number of hydrogen-bond donors (Lipinski definition) is 0. The van der Waals surface area contributed by atoms with E-state index >= 15 is 0 Å². The Morgan fingerprint density at radius 3 is 2.48 bits per heavy atom. The maximum absolute atomic E-state index is 13.0. The summed E-state index contributed by atoms with van der Waals surface area (Å²) >= 11 is 6.79. The molecule has 3 aromatic rings. The van der Waals surface area contributed by atoms with E-state index in [1.807, 2.05) is 6.07 Å². The van der Waals surface area contributed by atoms with E-state index in [1.54, 1.807) is 25.1 Å². The van der Waals surface area contributed by atoms with E-state index in [0.29, 0.717) is 22.4 Å². The molecule has 0 aliphatic carbocycles. The van der Waals surface area contributed by atoms with E-state index in [9.17, 15) is 9.18 Å². The molecule has 3 nitrogen and oxygen atoms in total. The lowest BCUT2D eigenvalue weighted by Crippen LogP contribution is -2.22. The molecule has 1 heterocycles. The summed E-state index contributed by atoms with van der Waals surface area (Å²) in [5, 5.41) is 0.492. The predicted molar refractivity (Wildman–Crippen MR) is 87.4 cm³/mol. The average Bonchev–Trinajstić information content (AvgIpc) is 2.42. The highest BCUT2D eigenvalue weighted by atomic mass is 79.9. The fraction of sp³-hybridized carbons (Fsp3) is 0.0667. The molecule has 0 saturated carbocycles. The van der Waals surface area contributed by atoms with Gasteiger partial charge in [0.15, 0.2) is 0 Å². The monoisotopic (exact) mass is 410 g/mol. The van der Waals surface area contributed by atoms with Gasteiger partial charge in [-0.15, -0.1) is 0 Å². The highest BCUT2D eigenvalue weighted by Gasteiger charge is 2.12. The van der Waals surface area contributed by atoms with Crippen LogP contribution in [0.2, 0.25) is 0 Å². The number of halogens is 3. The molecule has 0 aliphatic heterocycles. The van der Waals surface area contributed by atoms with Crippen LogP contribution in [0.4, 0.5) is 4.39 Å². The largest absolute Gasteiger partial charge is 0.268 e. The third-order valence-corrected chi connectivity index (χ3v) is 4.21. The van der Waals surface area contributed by atoms with Gasteiger partial charge >= 0.3 is 0 Å². The van der Waals surface area contributed by atoms with Crippen LogP contribution in [0.15, 0.2) is 50.1 Å². The molecule has 0 bridgehead atoms. The number of rotatable bonds is 1. The highest BCUT2D eigenvalue weighted by Crippen LogP contribution is 2.26. The van der Waals surface area contributed by atoms with Gasteiger partial charge in [-0.2, -0.15) is 0 Å². The summed E-state index contributed by atoms with van der Waals surface area (Å²) in [5.41, 5.74) is 1.01. The van der Waals surface area contributed by atoms with Crippen LogP contribution in [0.25, 0.3) is 16.6 Å². The molecular weight excluding hydrogens is 403 g/mol. The van der Waals surface area contributed by atoms with Gasteiger partial charge in [0.1, 0.15) is 11.6 Å².